The van der Waals surface area contributed by atoms with Crippen LogP contribution in [0.4, 0.5) is 0 Å². The summed E-state index contributed by atoms with van der Waals surface area (Å²) in [6.07, 6.45) is 2.14. The van der Waals surface area contributed by atoms with Crippen molar-refractivity contribution in [1.29, 1.82) is 0 Å². The van der Waals surface area contributed by atoms with Gasteiger partial charge in [-0.3, -0.25) is 4.79 Å². The summed E-state index contributed by atoms with van der Waals surface area (Å²) in [5.41, 5.74) is 5.02. The molecule has 2 heteroatoms. The summed E-state index contributed by atoms with van der Waals surface area (Å²) >= 11 is 0. The Morgan fingerprint density at radius 1 is 1.88 bits per heavy atom. The van der Waals surface area contributed by atoms with E-state index in [1.807, 2.05) is 0 Å². The maximum Gasteiger partial charge on any atom is 0.220 e. The zero-order valence-corrected chi connectivity index (χ0v) is 5.05. The van der Waals surface area contributed by atoms with Gasteiger partial charge in [-0.25, -0.2) is 0 Å². The summed E-state index contributed by atoms with van der Waals surface area (Å²) in [6.45, 7) is 2.09. The van der Waals surface area contributed by atoms with Crippen LogP contribution < -0.4 is 5.73 Å². The van der Waals surface area contributed by atoms with E-state index in [1.165, 1.54) is 0 Å². The van der Waals surface area contributed by atoms with Crippen molar-refractivity contribution in [2.24, 2.45) is 17.6 Å². The molecule has 1 saturated carbocycles. The van der Waals surface area contributed by atoms with Crippen LogP contribution in [0.15, 0.2) is 0 Å². The van der Waals surface area contributed by atoms with Gasteiger partial charge in [-0.2, -0.15) is 0 Å². The van der Waals surface area contributed by atoms with E-state index in [-0.39, 0.29) is 11.8 Å². The summed E-state index contributed by atoms with van der Waals surface area (Å²) in [6, 6.07) is 0. The maximum absolute atomic E-state index is 10.4. The first-order valence-electron chi connectivity index (χ1n) is 3.05. The topological polar surface area (TPSA) is 43.1 Å². The van der Waals surface area contributed by atoms with Crippen LogP contribution in [0.3, 0.4) is 0 Å². The van der Waals surface area contributed by atoms with Gasteiger partial charge < -0.3 is 5.73 Å². The van der Waals surface area contributed by atoms with Crippen LogP contribution in [0.5, 0.6) is 0 Å². The molecule has 46 valence electrons. The molecule has 0 aromatic rings. The zero-order valence-electron chi connectivity index (χ0n) is 5.05. The first kappa shape index (κ1) is 5.60. The number of hydrogen-bond donors (Lipinski definition) is 1. The van der Waals surface area contributed by atoms with Crippen LogP contribution in [0.1, 0.15) is 19.8 Å². The fourth-order valence-corrected chi connectivity index (χ4v) is 1.05. The maximum atomic E-state index is 10.4. The van der Waals surface area contributed by atoms with Gasteiger partial charge in [0.2, 0.25) is 5.91 Å². The number of amides is 1. The van der Waals surface area contributed by atoms with E-state index in [2.05, 4.69) is 6.92 Å². The molecule has 0 aromatic heterocycles. The Bertz CT molecular complexity index is 111. The third-order valence-corrected chi connectivity index (χ3v) is 1.81. The molecule has 0 unspecified atom stereocenters. The predicted molar refractivity (Wildman–Crippen MR) is 31.1 cm³/mol. The van der Waals surface area contributed by atoms with E-state index in [4.69, 9.17) is 5.73 Å². The fourth-order valence-electron chi connectivity index (χ4n) is 1.05. The average Bonchev–Trinajstić information content (AvgIpc) is 2.42. The average molecular weight is 113 g/mol. The first-order valence-corrected chi connectivity index (χ1v) is 3.05. The largest absolute Gasteiger partial charge is 0.369 e. The second-order valence-corrected chi connectivity index (χ2v) is 2.41. The van der Waals surface area contributed by atoms with Gasteiger partial charge in [0, 0.05) is 5.92 Å². The molecule has 0 aliphatic heterocycles. The van der Waals surface area contributed by atoms with Crippen molar-refractivity contribution in [2.75, 3.05) is 0 Å². The molecule has 1 rings (SSSR count). The minimum absolute atomic E-state index is 0.114. The molecule has 0 spiro atoms. The molecule has 2 nitrogen and oxygen atoms in total. The van der Waals surface area contributed by atoms with Crippen molar-refractivity contribution in [3.05, 3.63) is 0 Å². The summed E-state index contributed by atoms with van der Waals surface area (Å²) in [5.74, 6) is 0.726. The molecule has 1 amide bonds. The van der Waals surface area contributed by atoms with E-state index in [0.29, 0.717) is 5.92 Å². The molecule has 0 radical (unpaired) electrons. The standard InChI is InChI=1S/C6H11NO/c1-2-4-3-5(4)6(7)8/h4-5H,2-3H2,1H3,(H2,7,8)/t4-,5+/m0/s1. The van der Waals surface area contributed by atoms with Crippen LogP contribution >= 0.6 is 0 Å². The molecule has 1 fully saturated rings. The molecule has 0 aromatic carbocycles. The molecule has 1 aliphatic rings. The fraction of sp³-hybridized carbons (Fsp3) is 0.833. The number of nitrogens with two attached hydrogens (primary N) is 1. The molecule has 1 aliphatic carbocycles. The van der Waals surface area contributed by atoms with Crippen molar-refractivity contribution in [1.82, 2.24) is 0 Å². The number of rotatable bonds is 2. The number of hydrogen-bond acceptors (Lipinski definition) is 1. The normalized spacial score (nSPS) is 34.6. The third kappa shape index (κ3) is 0.831. The van der Waals surface area contributed by atoms with Gasteiger partial charge in [-0.1, -0.05) is 13.3 Å². The monoisotopic (exact) mass is 113 g/mol. The highest BCUT2D eigenvalue weighted by Gasteiger charge is 2.39. The van der Waals surface area contributed by atoms with Crippen molar-refractivity contribution < 1.29 is 4.79 Å². The highest BCUT2D eigenvalue weighted by atomic mass is 16.1. The van der Waals surface area contributed by atoms with Gasteiger partial charge in [0.15, 0.2) is 0 Å². The van der Waals surface area contributed by atoms with Gasteiger partial charge >= 0.3 is 0 Å². The Hall–Kier alpha value is -0.530. The Morgan fingerprint density at radius 2 is 2.50 bits per heavy atom. The number of primary amides is 1. The molecule has 2 N–H and O–H groups in total. The lowest BCUT2D eigenvalue weighted by atomic mass is 10.2. The van der Waals surface area contributed by atoms with E-state index in [9.17, 15) is 4.79 Å². The highest BCUT2D eigenvalue weighted by molar-refractivity contribution is 5.79. The van der Waals surface area contributed by atoms with Gasteiger partial charge in [-0.05, 0) is 12.3 Å². The van der Waals surface area contributed by atoms with E-state index >= 15 is 0 Å². The lowest BCUT2D eigenvalue weighted by Crippen LogP contribution is -2.13. The highest BCUT2D eigenvalue weighted by Crippen LogP contribution is 2.40. The number of carbonyl (C=O) groups is 1. The first-order chi connectivity index (χ1) is 3.75. The van der Waals surface area contributed by atoms with Crippen molar-refractivity contribution in [3.63, 3.8) is 0 Å². The van der Waals surface area contributed by atoms with Gasteiger partial charge in [0.25, 0.3) is 0 Å². The van der Waals surface area contributed by atoms with Gasteiger partial charge in [0.05, 0.1) is 0 Å². The SMILES string of the molecule is CC[C@H]1C[C@H]1C(N)=O. The predicted octanol–water partition coefficient (Wildman–Crippen LogP) is 0.518. The van der Waals surface area contributed by atoms with Crippen molar-refractivity contribution in [3.8, 4) is 0 Å². The Kier molecular flexibility index (Phi) is 1.24. The van der Waals surface area contributed by atoms with Crippen LogP contribution in [0, 0.1) is 11.8 Å². The lowest BCUT2D eigenvalue weighted by Gasteiger charge is -1.86. The summed E-state index contributed by atoms with van der Waals surface area (Å²) in [7, 11) is 0. The molecular weight excluding hydrogens is 102 g/mol. The van der Waals surface area contributed by atoms with Crippen LogP contribution in [-0.4, -0.2) is 5.91 Å². The second kappa shape index (κ2) is 1.77. The minimum atomic E-state index is -0.114. The number of carbonyl (C=O) groups excluding carboxylic acids is 1. The quantitative estimate of drug-likeness (QED) is 0.557. The molecule has 0 saturated heterocycles. The Balaban J connectivity index is 2.26. The second-order valence-electron chi connectivity index (χ2n) is 2.41. The van der Waals surface area contributed by atoms with Crippen LogP contribution in [0.25, 0.3) is 0 Å². The summed E-state index contributed by atoms with van der Waals surface area (Å²) in [5, 5.41) is 0. The molecular formula is C6H11NO. The molecule has 0 heterocycles. The minimum Gasteiger partial charge on any atom is -0.369 e. The van der Waals surface area contributed by atoms with Crippen molar-refractivity contribution in [2.45, 2.75) is 19.8 Å². The summed E-state index contributed by atoms with van der Waals surface area (Å²) in [4.78, 5) is 10.4. The lowest BCUT2D eigenvalue weighted by molar-refractivity contribution is -0.119. The zero-order chi connectivity index (χ0) is 6.15. The van der Waals surface area contributed by atoms with E-state index < -0.39 is 0 Å². The van der Waals surface area contributed by atoms with Crippen molar-refractivity contribution >= 4 is 5.91 Å². The summed E-state index contributed by atoms with van der Waals surface area (Å²) < 4.78 is 0. The molecule has 2 atom stereocenters. The van der Waals surface area contributed by atoms with E-state index in [0.717, 1.165) is 12.8 Å². The smallest absolute Gasteiger partial charge is 0.220 e. The Morgan fingerprint density at radius 3 is 2.62 bits per heavy atom. The molecule has 8 heavy (non-hydrogen) atoms. The molecule has 0 bridgehead atoms. The van der Waals surface area contributed by atoms with Crippen LogP contribution in [0.2, 0.25) is 0 Å². The van der Waals surface area contributed by atoms with E-state index in [1.54, 1.807) is 0 Å². The van der Waals surface area contributed by atoms with Gasteiger partial charge in [0.1, 0.15) is 0 Å². The Labute approximate surface area is 49.1 Å². The van der Waals surface area contributed by atoms with Gasteiger partial charge in [-0.15, -0.1) is 0 Å². The third-order valence-electron chi connectivity index (χ3n) is 1.81. The van der Waals surface area contributed by atoms with Crippen LogP contribution in [-0.2, 0) is 4.79 Å².